The number of aliphatic hydroxyl groups excluding tert-OH is 1. The van der Waals surface area contributed by atoms with Crippen LogP contribution in [0.25, 0.3) is 0 Å². The van der Waals surface area contributed by atoms with E-state index >= 15 is 0 Å². The summed E-state index contributed by atoms with van der Waals surface area (Å²) in [6.45, 7) is 0.862. The molecular formula is C17H30O2S2. The SMILES string of the molecule is OC(CSC1CCCCC1)C1CCOC2(CCSCC2)C1. The first kappa shape index (κ1) is 16.5. The summed E-state index contributed by atoms with van der Waals surface area (Å²) < 4.78 is 6.15. The van der Waals surface area contributed by atoms with Crippen LogP contribution in [0.15, 0.2) is 0 Å². The molecule has 1 N–H and O–H groups in total. The molecule has 0 aromatic heterocycles. The zero-order chi connectivity index (χ0) is 14.5. The predicted octanol–water partition coefficient (Wildman–Crippen LogP) is 4.11. The van der Waals surface area contributed by atoms with E-state index in [-0.39, 0.29) is 11.7 Å². The maximum atomic E-state index is 10.6. The molecular weight excluding hydrogens is 300 g/mol. The molecule has 4 heteroatoms. The van der Waals surface area contributed by atoms with E-state index < -0.39 is 0 Å². The zero-order valence-electron chi connectivity index (χ0n) is 13.1. The van der Waals surface area contributed by atoms with Gasteiger partial charge in [-0.15, -0.1) is 0 Å². The van der Waals surface area contributed by atoms with E-state index in [4.69, 9.17) is 4.74 Å². The van der Waals surface area contributed by atoms with Crippen LogP contribution < -0.4 is 0 Å². The summed E-state index contributed by atoms with van der Waals surface area (Å²) in [5.41, 5.74) is 0.116. The molecule has 0 amide bonds. The number of hydrogen-bond donors (Lipinski definition) is 1. The minimum absolute atomic E-state index is 0.116. The molecule has 2 atom stereocenters. The van der Waals surface area contributed by atoms with Gasteiger partial charge in [-0.05, 0) is 55.9 Å². The van der Waals surface area contributed by atoms with Gasteiger partial charge in [0.25, 0.3) is 0 Å². The molecule has 1 saturated carbocycles. The Morgan fingerprint density at radius 2 is 1.90 bits per heavy atom. The van der Waals surface area contributed by atoms with E-state index in [1.807, 2.05) is 11.8 Å². The highest BCUT2D eigenvalue weighted by Gasteiger charge is 2.40. The summed E-state index contributed by atoms with van der Waals surface area (Å²) in [6.07, 6.45) is 11.4. The van der Waals surface area contributed by atoms with Gasteiger partial charge in [0.2, 0.25) is 0 Å². The molecule has 2 aliphatic heterocycles. The van der Waals surface area contributed by atoms with E-state index in [1.54, 1.807) is 0 Å². The lowest BCUT2D eigenvalue weighted by Gasteiger charge is -2.44. The second-order valence-corrected chi connectivity index (χ2v) is 9.62. The first-order valence-corrected chi connectivity index (χ1v) is 11.0. The van der Waals surface area contributed by atoms with Gasteiger partial charge in [-0.25, -0.2) is 0 Å². The lowest BCUT2D eigenvalue weighted by molar-refractivity contribution is -0.117. The molecule has 2 heterocycles. The quantitative estimate of drug-likeness (QED) is 0.840. The third-order valence-electron chi connectivity index (χ3n) is 5.53. The van der Waals surface area contributed by atoms with E-state index in [1.165, 1.54) is 56.5 Å². The van der Waals surface area contributed by atoms with Crippen LogP contribution in [0.3, 0.4) is 0 Å². The Labute approximate surface area is 138 Å². The third kappa shape index (κ3) is 4.55. The molecule has 1 spiro atoms. The molecule has 3 rings (SSSR count). The van der Waals surface area contributed by atoms with Crippen LogP contribution >= 0.6 is 23.5 Å². The molecule has 3 aliphatic rings. The number of rotatable bonds is 4. The number of ether oxygens (including phenoxy) is 1. The number of hydrogen-bond acceptors (Lipinski definition) is 4. The van der Waals surface area contributed by atoms with Crippen molar-refractivity contribution < 1.29 is 9.84 Å². The minimum atomic E-state index is -0.118. The van der Waals surface area contributed by atoms with Crippen molar-refractivity contribution in [3.63, 3.8) is 0 Å². The third-order valence-corrected chi connectivity index (χ3v) is 8.00. The first-order chi connectivity index (χ1) is 10.3. The normalized spacial score (nSPS) is 32.1. The van der Waals surface area contributed by atoms with Crippen LogP contribution in [0.4, 0.5) is 0 Å². The highest BCUT2D eigenvalue weighted by Crippen LogP contribution is 2.41. The first-order valence-electron chi connectivity index (χ1n) is 8.79. The van der Waals surface area contributed by atoms with Crippen LogP contribution in [-0.2, 0) is 4.74 Å². The molecule has 0 aromatic rings. The van der Waals surface area contributed by atoms with Crippen LogP contribution in [0, 0.1) is 5.92 Å². The van der Waals surface area contributed by atoms with Crippen LogP contribution in [-0.4, -0.2) is 45.9 Å². The molecule has 3 fully saturated rings. The van der Waals surface area contributed by atoms with E-state index in [0.717, 1.165) is 30.5 Å². The van der Waals surface area contributed by atoms with Crippen LogP contribution in [0.2, 0.25) is 0 Å². The van der Waals surface area contributed by atoms with Gasteiger partial charge < -0.3 is 9.84 Å². The summed E-state index contributed by atoms with van der Waals surface area (Å²) in [6, 6.07) is 0. The second-order valence-electron chi connectivity index (χ2n) is 7.06. The maximum Gasteiger partial charge on any atom is 0.0701 e. The summed E-state index contributed by atoms with van der Waals surface area (Å²) in [4.78, 5) is 0. The molecule has 122 valence electrons. The summed E-state index contributed by atoms with van der Waals surface area (Å²) >= 11 is 4.09. The van der Waals surface area contributed by atoms with Gasteiger partial charge in [-0.1, -0.05) is 19.3 Å². The average molecular weight is 331 g/mol. The molecule has 2 nitrogen and oxygen atoms in total. The monoisotopic (exact) mass is 330 g/mol. The lowest BCUT2D eigenvalue weighted by Crippen LogP contribution is -2.45. The maximum absolute atomic E-state index is 10.6. The fraction of sp³-hybridized carbons (Fsp3) is 1.00. The molecule has 0 bridgehead atoms. The zero-order valence-corrected chi connectivity index (χ0v) is 14.7. The molecule has 1 aliphatic carbocycles. The minimum Gasteiger partial charge on any atom is -0.392 e. The standard InChI is InChI=1S/C17H30O2S2/c18-16(13-21-15-4-2-1-3-5-15)14-6-9-19-17(12-14)7-10-20-11-8-17/h14-16,18H,1-13H2. The molecule has 21 heavy (non-hydrogen) atoms. The van der Waals surface area contributed by atoms with Crippen molar-refractivity contribution in [2.75, 3.05) is 23.9 Å². The largest absolute Gasteiger partial charge is 0.392 e. The Kier molecular flexibility index (Phi) is 6.23. The summed E-state index contributed by atoms with van der Waals surface area (Å²) in [5, 5.41) is 11.5. The topological polar surface area (TPSA) is 29.5 Å². The smallest absolute Gasteiger partial charge is 0.0701 e. The van der Waals surface area contributed by atoms with Crippen molar-refractivity contribution >= 4 is 23.5 Å². The second kappa shape index (κ2) is 7.94. The fourth-order valence-corrected chi connectivity index (χ4v) is 6.73. The van der Waals surface area contributed by atoms with Crippen molar-refractivity contribution in [3.8, 4) is 0 Å². The van der Waals surface area contributed by atoms with E-state index in [9.17, 15) is 5.11 Å². The molecule has 0 aromatic carbocycles. The average Bonchev–Trinajstić information content (AvgIpc) is 2.54. The highest BCUT2D eigenvalue weighted by molar-refractivity contribution is 8.00. The van der Waals surface area contributed by atoms with Crippen molar-refractivity contribution in [2.24, 2.45) is 5.92 Å². The van der Waals surface area contributed by atoms with Crippen LogP contribution in [0.1, 0.15) is 57.8 Å². The molecule has 0 radical (unpaired) electrons. The Morgan fingerprint density at radius 1 is 1.14 bits per heavy atom. The van der Waals surface area contributed by atoms with Crippen LogP contribution in [0.5, 0.6) is 0 Å². The van der Waals surface area contributed by atoms with Gasteiger partial charge in [0, 0.05) is 17.6 Å². The summed E-state index contributed by atoms with van der Waals surface area (Å²) in [5.74, 6) is 3.89. The number of aliphatic hydroxyl groups is 1. The van der Waals surface area contributed by atoms with Gasteiger partial charge in [0.05, 0.1) is 11.7 Å². The lowest BCUT2D eigenvalue weighted by atomic mass is 9.80. The van der Waals surface area contributed by atoms with Crippen molar-refractivity contribution in [3.05, 3.63) is 0 Å². The molecule has 2 unspecified atom stereocenters. The summed E-state index contributed by atoms with van der Waals surface area (Å²) in [7, 11) is 0. The number of thioether (sulfide) groups is 2. The Balaban J connectivity index is 1.46. The Hall–Kier alpha value is 0.620. The van der Waals surface area contributed by atoms with E-state index in [0.29, 0.717) is 5.92 Å². The van der Waals surface area contributed by atoms with Crippen molar-refractivity contribution in [1.29, 1.82) is 0 Å². The highest BCUT2D eigenvalue weighted by atomic mass is 32.2. The van der Waals surface area contributed by atoms with Gasteiger partial charge in [-0.3, -0.25) is 0 Å². The van der Waals surface area contributed by atoms with E-state index in [2.05, 4.69) is 11.8 Å². The Bertz CT molecular complexity index is 306. The van der Waals surface area contributed by atoms with Gasteiger partial charge in [0.15, 0.2) is 0 Å². The predicted molar refractivity (Wildman–Crippen MR) is 93.3 cm³/mol. The fourth-order valence-electron chi connectivity index (χ4n) is 4.09. The molecule has 2 saturated heterocycles. The van der Waals surface area contributed by atoms with Crippen molar-refractivity contribution in [1.82, 2.24) is 0 Å². The van der Waals surface area contributed by atoms with Gasteiger partial charge >= 0.3 is 0 Å². The van der Waals surface area contributed by atoms with Crippen molar-refractivity contribution in [2.45, 2.75) is 74.7 Å². The van der Waals surface area contributed by atoms with Gasteiger partial charge in [-0.2, -0.15) is 23.5 Å². The Morgan fingerprint density at radius 3 is 2.67 bits per heavy atom. The van der Waals surface area contributed by atoms with Gasteiger partial charge in [0.1, 0.15) is 0 Å².